The van der Waals surface area contributed by atoms with Crippen molar-refractivity contribution in [3.63, 3.8) is 0 Å². The molecule has 3 N–H and O–H groups in total. The Morgan fingerprint density at radius 3 is 2.17 bits per heavy atom. The summed E-state index contributed by atoms with van der Waals surface area (Å²) in [5, 5.41) is 7.93. The van der Waals surface area contributed by atoms with Gasteiger partial charge < -0.3 is 25.5 Å². The van der Waals surface area contributed by atoms with E-state index in [4.69, 9.17) is 20.6 Å². The molecule has 3 aromatic rings. The van der Waals surface area contributed by atoms with Gasteiger partial charge in [-0.3, -0.25) is 0 Å². The Kier molecular flexibility index (Phi) is 15.5. The fourth-order valence-corrected chi connectivity index (χ4v) is 3.38. The molecule has 196 valence electrons. The van der Waals surface area contributed by atoms with Crippen LogP contribution in [0.15, 0.2) is 54.7 Å². The van der Waals surface area contributed by atoms with Gasteiger partial charge in [0, 0.05) is 49.4 Å². The predicted octanol–water partition coefficient (Wildman–Crippen LogP) is 5.66. The molecule has 2 heterocycles. The minimum atomic E-state index is 0.377. The van der Waals surface area contributed by atoms with Gasteiger partial charge in [0.05, 0.1) is 0 Å². The number of rotatable bonds is 11. The quantitative estimate of drug-likeness (QED) is 0.196. The Morgan fingerprint density at radius 2 is 1.64 bits per heavy atom. The number of hydrogen-bond donors (Lipinski definition) is 2. The highest BCUT2D eigenvalue weighted by molar-refractivity contribution is 7.27. The molecular formula is C28H42N5O2P. The summed E-state index contributed by atoms with van der Waals surface area (Å²) in [5.74, 6) is 1.56. The van der Waals surface area contributed by atoms with Gasteiger partial charge >= 0.3 is 0 Å². The number of nitrogens with two attached hydrogens (primary N) is 1. The number of nitrogens with one attached hydrogen (secondary N) is 1. The lowest BCUT2D eigenvalue weighted by Gasteiger charge is -2.24. The van der Waals surface area contributed by atoms with Crippen molar-refractivity contribution in [2.45, 2.75) is 47.5 Å². The van der Waals surface area contributed by atoms with Gasteiger partial charge in [0.15, 0.2) is 0 Å². The first-order valence-electron chi connectivity index (χ1n) is 12.5. The first-order chi connectivity index (χ1) is 17.4. The molecule has 36 heavy (non-hydrogen) atoms. The summed E-state index contributed by atoms with van der Waals surface area (Å²) in [6.45, 7) is 13.1. The molecule has 1 atom stereocenters. The molecule has 0 radical (unpaired) electrons. The number of aryl methyl sites for hydroxylation is 1. The maximum Gasteiger partial charge on any atom is 0.217 e. The second-order valence-electron chi connectivity index (χ2n) is 7.76. The number of hydrogen-bond acceptors (Lipinski definition) is 7. The summed E-state index contributed by atoms with van der Waals surface area (Å²) in [6.07, 6.45) is 5.25. The highest BCUT2D eigenvalue weighted by Crippen LogP contribution is 2.23. The lowest BCUT2D eigenvalue weighted by molar-refractivity contribution is 0.207. The van der Waals surface area contributed by atoms with Crippen molar-refractivity contribution < 1.29 is 9.47 Å². The maximum absolute atomic E-state index is 6.92. The van der Waals surface area contributed by atoms with Crippen molar-refractivity contribution in [1.82, 2.24) is 9.97 Å². The molecule has 7 nitrogen and oxygen atoms in total. The molecule has 0 aliphatic heterocycles. The summed E-state index contributed by atoms with van der Waals surface area (Å²) in [5.41, 5.74) is 9.16. The van der Waals surface area contributed by atoms with Gasteiger partial charge in [0.2, 0.25) is 11.8 Å². The van der Waals surface area contributed by atoms with Gasteiger partial charge in [-0.15, -0.1) is 9.24 Å². The van der Waals surface area contributed by atoms with E-state index >= 15 is 0 Å². The number of nitrogens with zero attached hydrogens (tertiary/aromatic N) is 3. The van der Waals surface area contributed by atoms with E-state index in [9.17, 15) is 0 Å². The van der Waals surface area contributed by atoms with Gasteiger partial charge in [0.25, 0.3) is 0 Å². The lowest BCUT2D eigenvalue weighted by atomic mass is 10.2. The minimum Gasteiger partial charge on any atom is -0.474 e. The number of aromatic nitrogens is 2. The summed E-state index contributed by atoms with van der Waals surface area (Å²) >= 11 is 0. The van der Waals surface area contributed by atoms with E-state index in [0.29, 0.717) is 30.8 Å². The zero-order chi connectivity index (χ0) is 26.8. The molecule has 0 spiro atoms. The van der Waals surface area contributed by atoms with Crippen LogP contribution >= 0.6 is 9.24 Å². The summed E-state index contributed by atoms with van der Waals surface area (Å²) in [4.78, 5) is 10.7. The molecule has 0 aliphatic rings. The third-order valence-electron chi connectivity index (χ3n) is 4.71. The van der Waals surface area contributed by atoms with Crippen LogP contribution in [-0.2, 0) is 0 Å². The van der Waals surface area contributed by atoms with E-state index < -0.39 is 0 Å². The molecular weight excluding hydrogens is 469 g/mol. The van der Waals surface area contributed by atoms with E-state index in [0.717, 1.165) is 42.5 Å². The Hall–Kier alpha value is -3.18. The Labute approximate surface area is 219 Å². The van der Waals surface area contributed by atoms with Crippen molar-refractivity contribution in [3.8, 4) is 11.8 Å². The van der Waals surface area contributed by atoms with Crippen molar-refractivity contribution >= 4 is 32.3 Å². The van der Waals surface area contributed by atoms with Crippen LogP contribution in [0.1, 0.15) is 51.7 Å². The topological polar surface area (TPSA) is 97.3 Å². The highest BCUT2D eigenvalue weighted by Gasteiger charge is 2.09. The van der Waals surface area contributed by atoms with Crippen LogP contribution in [-0.4, -0.2) is 42.5 Å². The third-order valence-corrected chi connectivity index (χ3v) is 5.05. The van der Waals surface area contributed by atoms with Gasteiger partial charge in [-0.2, -0.15) is 4.98 Å². The average molecular weight is 512 g/mol. The molecule has 0 saturated carbocycles. The third kappa shape index (κ3) is 12.0. The van der Waals surface area contributed by atoms with Gasteiger partial charge in [-0.25, -0.2) is 4.98 Å². The zero-order valence-corrected chi connectivity index (χ0v) is 23.5. The molecule has 1 unspecified atom stereocenters. The van der Waals surface area contributed by atoms with Gasteiger partial charge in [-0.05, 0) is 36.7 Å². The fraction of sp³-hybridized carbons (Fsp3) is 0.393. The molecule has 0 amide bonds. The first-order valence-corrected chi connectivity index (χ1v) is 13.1. The van der Waals surface area contributed by atoms with E-state index in [1.807, 2.05) is 69.3 Å². The Balaban J connectivity index is 0.000000491. The number of anilines is 2. The standard InChI is InChI=1S/C18H27N4O2P.C8H9N.C2H6/c1-3-7-22(8-4-2)14-11-16(19)21-18(12-14)24-10-9-23-17-6-5-15(25)13-20-17;1-7-3-2-4-8(5-7)6-9;1-2/h5-6,11-13H,3-4,7-10,25H2,1-2H3,(H2,19,21);2-6,9H,1H3;1-2H3. The molecule has 3 rings (SSSR count). The Morgan fingerprint density at radius 1 is 0.972 bits per heavy atom. The maximum atomic E-state index is 6.92. The van der Waals surface area contributed by atoms with Crippen LogP contribution in [0.2, 0.25) is 0 Å². The predicted molar refractivity (Wildman–Crippen MR) is 156 cm³/mol. The molecule has 8 heteroatoms. The molecule has 0 fully saturated rings. The van der Waals surface area contributed by atoms with Crippen LogP contribution in [0, 0.1) is 12.3 Å². The van der Waals surface area contributed by atoms with Crippen molar-refractivity contribution in [3.05, 3.63) is 65.9 Å². The van der Waals surface area contributed by atoms with E-state index in [-0.39, 0.29) is 0 Å². The Bertz CT molecular complexity index is 1010. The van der Waals surface area contributed by atoms with Crippen molar-refractivity contribution in [1.29, 1.82) is 5.41 Å². The number of nitrogen functional groups attached to an aromatic ring is 1. The molecule has 1 aromatic carbocycles. The average Bonchev–Trinajstić information content (AvgIpc) is 2.89. The van der Waals surface area contributed by atoms with Crippen LogP contribution in [0.3, 0.4) is 0 Å². The van der Waals surface area contributed by atoms with Gasteiger partial charge in [0.1, 0.15) is 19.0 Å². The summed E-state index contributed by atoms with van der Waals surface area (Å²) in [6, 6.07) is 15.4. The van der Waals surface area contributed by atoms with Crippen LogP contribution in [0.25, 0.3) is 0 Å². The smallest absolute Gasteiger partial charge is 0.217 e. The van der Waals surface area contributed by atoms with E-state index in [2.05, 4.69) is 38.0 Å². The van der Waals surface area contributed by atoms with Crippen LogP contribution in [0.4, 0.5) is 11.5 Å². The lowest BCUT2D eigenvalue weighted by Crippen LogP contribution is -2.25. The number of ether oxygens (including phenoxy) is 2. The zero-order valence-electron chi connectivity index (χ0n) is 22.3. The minimum absolute atomic E-state index is 0.377. The molecule has 0 bridgehead atoms. The van der Waals surface area contributed by atoms with Crippen molar-refractivity contribution in [2.75, 3.05) is 36.9 Å². The fourth-order valence-electron chi connectivity index (χ4n) is 3.21. The van der Waals surface area contributed by atoms with Gasteiger partial charge in [-0.1, -0.05) is 57.5 Å². The monoisotopic (exact) mass is 511 g/mol. The normalized spacial score (nSPS) is 9.72. The summed E-state index contributed by atoms with van der Waals surface area (Å²) < 4.78 is 11.3. The second-order valence-corrected chi connectivity index (χ2v) is 8.43. The number of pyridine rings is 2. The largest absolute Gasteiger partial charge is 0.474 e. The molecule has 2 aromatic heterocycles. The molecule has 0 aliphatic carbocycles. The molecule has 0 saturated heterocycles. The summed E-state index contributed by atoms with van der Waals surface area (Å²) in [7, 11) is 2.59. The first kappa shape index (κ1) is 30.9. The highest BCUT2D eigenvalue weighted by atomic mass is 31.0. The SMILES string of the molecule is CC.CCCN(CCC)c1cc(N)nc(OCCOc2ccc(P)cn2)c1.Cc1cccc(C=N)c1. The van der Waals surface area contributed by atoms with Crippen LogP contribution < -0.4 is 25.4 Å². The van der Waals surface area contributed by atoms with Crippen molar-refractivity contribution in [2.24, 2.45) is 0 Å². The second kappa shape index (κ2) is 18.1. The van der Waals surface area contributed by atoms with E-state index in [1.54, 1.807) is 6.20 Å². The van der Waals surface area contributed by atoms with E-state index in [1.165, 1.54) is 11.8 Å². The number of benzene rings is 1. The van der Waals surface area contributed by atoms with Crippen LogP contribution in [0.5, 0.6) is 11.8 Å².